The second-order valence-corrected chi connectivity index (χ2v) is 7.52. The number of halogens is 1. The van der Waals surface area contributed by atoms with Crippen LogP contribution >= 0.6 is 0 Å². The summed E-state index contributed by atoms with van der Waals surface area (Å²) in [6.07, 6.45) is 1.32. The van der Waals surface area contributed by atoms with Crippen LogP contribution in [0.25, 0.3) is 0 Å². The summed E-state index contributed by atoms with van der Waals surface area (Å²) in [4.78, 5) is 10.4. The van der Waals surface area contributed by atoms with Gasteiger partial charge >= 0.3 is 0 Å². The number of hydrogen-bond acceptors (Lipinski definition) is 4. The Morgan fingerprint density at radius 3 is 2.54 bits per heavy atom. The van der Waals surface area contributed by atoms with Gasteiger partial charge in [0.25, 0.3) is 5.69 Å². The average Bonchev–Trinajstić information content (AvgIpc) is 2.55. The minimum Gasteiger partial charge on any atom is -0.269 e. The van der Waals surface area contributed by atoms with E-state index in [1.807, 2.05) is 0 Å². The van der Waals surface area contributed by atoms with E-state index < -0.39 is 20.8 Å². The molecule has 0 amide bonds. The fourth-order valence-corrected chi connectivity index (χ4v) is 4.45. The minimum absolute atomic E-state index is 0.141. The van der Waals surface area contributed by atoms with E-state index in [2.05, 4.69) is 0 Å². The van der Waals surface area contributed by atoms with Gasteiger partial charge in [-0.3, -0.25) is 14.4 Å². The first-order valence-corrected chi connectivity index (χ1v) is 9.00. The van der Waals surface area contributed by atoms with E-state index in [1.165, 1.54) is 40.7 Å². The summed E-state index contributed by atoms with van der Waals surface area (Å²) in [6.45, 7) is 0.275. The van der Waals surface area contributed by atoms with Crippen LogP contribution in [-0.4, -0.2) is 19.9 Å². The number of aryl methyl sites for hydroxylation is 1. The van der Waals surface area contributed by atoms with Crippen molar-refractivity contribution in [3.05, 3.63) is 69.5 Å². The smallest absolute Gasteiger partial charge is 0.269 e. The molecule has 1 aliphatic heterocycles. The maximum atomic E-state index is 13.0. The van der Waals surface area contributed by atoms with Gasteiger partial charge < -0.3 is 0 Å². The normalized spacial score (nSPS) is 14.3. The molecule has 24 heavy (non-hydrogen) atoms. The standard InChI is InChI=1S/C16H15FN2O4S/c17-14-6-3-12(4-7-14)11-24(22,23)18-9-1-2-13-5-8-15(19(20)21)10-16(13)18/h3-8,10H,1-2,9,11H2. The average molecular weight is 350 g/mol. The van der Waals surface area contributed by atoms with Gasteiger partial charge in [-0.2, -0.15) is 0 Å². The zero-order valence-electron chi connectivity index (χ0n) is 12.7. The van der Waals surface area contributed by atoms with E-state index in [-0.39, 0.29) is 18.0 Å². The number of fused-ring (bicyclic) bond motifs is 1. The van der Waals surface area contributed by atoms with Gasteiger partial charge in [-0.25, -0.2) is 12.8 Å². The van der Waals surface area contributed by atoms with E-state index in [4.69, 9.17) is 0 Å². The molecular formula is C16H15FN2O4S. The van der Waals surface area contributed by atoms with Gasteiger partial charge in [-0.15, -0.1) is 0 Å². The lowest BCUT2D eigenvalue weighted by Crippen LogP contribution is -2.36. The Kier molecular flexibility index (Phi) is 4.23. The first-order chi connectivity index (χ1) is 11.4. The van der Waals surface area contributed by atoms with Crippen LogP contribution in [0.1, 0.15) is 17.5 Å². The highest BCUT2D eigenvalue weighted by molar-refractivity contribution is 7.92. The molecule has 0 bridgehead atoms. The number of nitro benzene ring substituents is 1. The number of nitrogens with zero attached hydrogens (tertiary/aromatic N) is 2. The van der Waals surface area contributed by atoms with Crippen molar-refractivity contribution in [2.75, 3.05) is 10.8 Å². The fraction of sp³-hybridized carbons (Fsp3) is 0.250. The summed E-state index contributed by atoms with van der Waals surface area (Å²) >= 11 is 0. The topological polar surface area (TPSA) is 80.5 Å². The van der Waals surface area contributed by atoms with E-state index in [1.54, 1.807) is 6.07 Å². The lowest BCUT2D eigenvalue weighted by Gasteiger charge is -2.30. The molecule has 0 fully saturated rings. The Labute approximate surface area is 138 Å². The molecule has 8 heteroatoms. The molecule has 0 spiro atoms. The zero-order chi connectivity index (χ0) is 17.3. The number of nitro groups is 1. The van der Waals surface area contributed by atoms with Gasteiger partial charge in [-0.1, -0.05) is 18.2 Å². The first-order valence-electron chi connectivity index (χ1n) is 7.39. The zero-order valence-corrected chi connectivity index (χ0v) is 13.5. The molecule has 0 aliphatic carbocycles. The highest BCUT2D eigenvalue weighted by Crippen LogP contribution is 2.33. The van der Waals surface area contributed by atoms with E-state index in [0.29, 0.717) is 24.1 Å². The van der Waals surface area contributed by atoms with E-state index in [0.717, 1.165) is 5.56 Å². The molecule has 2 aromatic carbocycles. The Balaban J connectivity index is 1.96. The van der Waals surface area contributed by atoms with Crippen LogP contribution in [-0.2, 0) is 22.2 Å². The van der Waals surface area contributed by atoms with Crippen molar-refractivity contribution in [2.45, 2.75) is 18.6 Å². The van der Waals surface area contributed by atoms with E-state index in [9.17, 15) is 22.9 Å². The van der Waals surface area contributed by atoms with Crippen molar-refractivity contribution >= 4 is 21.4 Å². The first kappa shape index (κ1) is 16.4. The molecule has 0 atom stereocenters. The molecule has 2 aromatic rings. The van der Waals surface area contributed by atoms with Crippen LogP contribution < -0.4 is 4.31 Å². The van der Waals surface area contributed by atoms with Crippen molar-refractivity contribution in [2.24, 2.45) is 0 Å². The predicted molar refractivity (Wildman–Crippen MR) is 87.8 cm³/mol. The second-order valence-electron chi connectivity index (χ2n) is 5.63. The molecule has 0 radical (unpaired) electrons. The molecule has 0 saturated carbocycles. The molecule has 0 aromatic heterocycles. The lowest BCUT2D eigenvalue weighted by molar-refractivity contribution is -0.384. The van der Waals surface area contributed by atoms with Crippen molar-refractivity contribution in [1.82, 2.24) is 0 Å². The van der Waals surface area contributed by atoms with Gasteiger partial charge in [0, 0.05) is 18.7 Å². The van der Waals surface area contributed by atoms with Crippen LogP contribution in [0.5, 0.6) is 0 Å². The van der Waals surface area contributed by atoms with Crippen LogP contribution in [0.2, 0.25) is 0 Å². The van der Waals surface area contributed by atoms with Gasteiger partial charge in [0.2, 0.25) is 10.0 Å². The molecule has 1 aliphatic rings. The SMILES string of the molecule is O=[N+]([O-])c1ccc2c(c1)N(S(=O)(=O)Cc1ccc(F)cc1)CCC2. The largest absolute Gasteiger partial charge is 0.271 e. The van der Waals surface area contributed by atoms with Crippen molar-refractivity contribution in [1.29, 1.82) is 0 Å². The van der Waals surface area contributed by atoms with Crippen molar-refractivity contribution in [3.63, 3.8) is 0 Å². The van der Waals surface area contributed by atoms with Crippen LogP contribution in [0.4, 0.5) is 15.8 Å². The molecule has 126 valence electrons. The third kappa shape index (κ3) is 3.23. The van der Waals surface area contributed by atoms with E-state index >= 15 is 0 Å². The molecule has 3 rings (SSSR count). The predicted octanol–water partition coefficient (Wildman–Crippen LogP) is 3.02. The molecule has 0 unspecified atom stereocenters. The van der Waals surface area contributed by atoms with Gasteiger partial charge in [-0.05, 0) is 36.1 Å². The molecule has 0 saturated heterocycles. The van der Waals surface area contributed by atoms with Crippen molar-refractivity contribution < 1.29 is 17.7 Å². The second kappa shape index (κ2) is 6.20. The number of benzene rings is 2. The highest BCUT2D eigenvalue weighted by Gasteiger charge is 2.29. The summed E-state index contributed by atoms with van der Waals surface area (Å²) in [5, 5.41) is 11.0. The summed E-state index contributed by atoms with van der Waals surface area (Å²) in [7, 11) is -3.72. The summed E-state index contributed by atoms with van der Waals surface area (Å²) in [6, 6.07) is 9.55. The quantitative estimate of drug-likeness (QED) is 0.627. The summed E-state index contributed by atoms with van der Waals surface area (Å²) < 4.78 is 39.7. The Bertz CT molecular complexity index is 881. The van der Waals surface area contributed by atoms with Gasteiger partial charge in [0.05, 0.1) is 16.4 Å². The molecular weight excluding hydrogens is 335 g/mol. The maximum Gasteiger partial charge on any atom is 0.271 e. The Morgan fingerprint density at radius 1 is 1.17 bits per heavy atom. The number of sulfonamides is 1. The van der Waals surface area contributed by atoms with Crippen LogP contribution in [0, 0.1) is 15.9 Å². The number of rotatable bonds is 4. The highest BCUT2D eigenvalue weighted by atomic mass is 32.2. The third-order valence-corrected chi connectivity index (χ3v) is 5.70. The fourth-order valence-electron chi connectivity index (χ4n) is 2.80. The summed E-state index contributed by atoms with van der Waals surface area (Å²) in [5.74, 6) is -0.717. The number of hydrogen-bond donors (Lipinski definition) is 0. The minimum atomic E-state index is -3.72. The van der Waals surface area contributed by atoms with Gasteiger partial charge in [0.1, 0.15) is 5.82 Å². The van der Waals surface area contributed by atoms with Gasteiger partial charge in [0.15, 0.2) is 0 Å². The molecule has 0 N–H and O–H groups in total. The maximum absolute atomic E-state index is 13.0. The van der Waals surface area contributed by atoms with Crippen molar-refractivity contribution in [3.8, 4) is 0 Å². The third-order valence-electron chi connectivity index (χ3n) is 3.95. The summed E-state index contributed by atoms with van der Waals surface area (Å²) in [5.41, 5.74) is 1.46. The monoisotopic (exact) mass is 350 g/mol. The molecule has 6 nitrogen and oxygen atoms in total. The Hall–Kier alpha value is -2.48. The number of anilines is 1. The molecule has 1 heterocycles. The number of non-ortho nitro benzene ring substituents is 1. The van der Waals surface area contributed by atoms with Crippen LogP contribution in [0.3, 0.4) is 0 Å². The lowest BCUT2D eigenvalue weighted by atomic mass is 10.0. The van der Waals surface area contributed by atoms with Crippen LogP contribution in [0.15, 0.2) is 42.5 Å². The Morgan fingerprint density at radius 2 is 1.88 bits per heavy atom.